The van der Waals surface area contributed by atoms with E-state index in [0.29, 0.717) is 12.5 Å². The average Bonchev–Trinajstić information content (AvgIpc) is 2.47. The number of carbonyl (C=O) groups is 1. The van der Waals surface area contributed by atoms with E-state index in [0.717, 1.165) is 12.1 Å². The Bertz CT molecular complexity index is 591. The fourth-order valence-electron chi connectivity index (χ4n) is 2.78. The lowest BCUT2D eigenvalue weighted by Gasteiger charge is -2.33. The lowest BCUT2D eigenvalue weighted by atomic mass is 9.91. The van der Waals surface area contributed by atoms with Crippen LogP contribution >= 0.6 is 0 Å². The van der Waals surface area contributed by atoms with E-state index < -0.39 is 0 Å². The van der Waals surface area contributed by atoms with Crippen molar-refractivity contribution in [2.45, 2.75) is 19.4 Å². The second-order valence-corrected chi connectivity index (χ2v) is 5.15. The van der Waals surface area contributed by atoms with Crippen LogP contribution < -0.4 is 0 Å². The molecule has 2 heteroatoms. The normalized spacial score (nSPS) is 17.9. The predicted molar refractivity (Wildman–Crippen MR) is 76.0 cm³/mol. The summed E-state index contributed by atoms with van der Waals surface area (Å²) in [7, 11) is 0. The van der Waals surface area contributed by atoms with Gasteiger partial charge in [-0.1, -0.05) is 49.4 Å². The first-order valence-corrected chi connectivity index (χ1v) is 6.68. The number of hydrogen-bond donors (Lipinski definition) is 0. The Morgan fingerprint density at radius 1 is 1.05 bits per heavy atom. The fraction of sp³-hybridized carbons (Fsp3) is 0.235. The molecule has 1 aliphatic heterocycles. The van der Waals surface area contributed by atoms with Crippen LogP contribution in [-0.4, -0.2) is 17.4 Å². The van der Waals surface area contributed by atoms with Gasteiger partial charge < -0.3 is 4.90 Å². The van der Waals surface area contributed by atoms with Crippen LogP contribution in [0.1, 0.15) is 34.3 Å². The van der Waals surface area contributed by atoms with E-state index in [-0.39, 0.29) is 5.91 Å². The molecule has 2 aromatic carbocycles. The Labute approximate surface area is 113 Å². The maximum Gasteiger partial charge on any atom is 0.254 e. The zero-order chi connectivity index (χ0) is 13.2. The summed E-state index contributed by atoms with van der Waals surface area (Å²) in [6, 6.07) is 17.9. The average molecular weight is 251 g/mol. The Morgan fingerprint density at radius 3 is 2.53 bits per heavy atom. The van der Waals surface area contributed by atoms with Crippen LogP contribution in [0, 0.1) is 0 Å². The molecule has 1 unspecified atom stereocenters. The minimum absolute atomic E-state index is 0.127. The first kappa shape index (κ1) is 12.0. The van der Waals surface area contributed by atoms with Crippen molar-refractivity contribution in [2.75, 3.05) is 6.54 Å². The Morgan fingerprint density at radius 2 is 1.74 bits per heavy atom. The second kappa shape index (κ2) is 4.88. The highest BCUT2D eigenvalue weighted by atomic mass is 16.2. The standard InChI is InChI=1S/C17H17NO/c1-13-11-18(12-15-9-5-6-10-16(13)15)17(19)14-7-3-2-4-8-14/h2-10,13H,11-12H2,1H3. The molecule has 0 aliphatic carbocycles. The van der Waals surface area contributed by atoms with Gasteiger partial charge >= 0.3 is 0 Å². The van der Waals surface area contributed by atoms with Crippen LogP contribution in [0.3, 0.4) is 0 Å². The molecule has 3 rings (SSSR count). The molecule has 0 spiro atoms. The highest BCUT2D eigenvalue weighted by Crippen LogP contribution is 2.28. The van der Waals surface area contributed by atoms with E-state index in [1.54, 1.807) is 0 Å². The highest BCUT2D eigenvalue weighted by molar-refractivity contribution is 5.94. The highest BCUT2D eigenvalue weighted by Gasteiger charge is 2.25. The number of benzene rings is 2. The first-order valence-electron chi connectivity index (χ1n) is 6.68. The molecular weight excluding hydrogens is 234 g/mol. The smallest absolute Gasteiger partial charge is 0.254 e. The molecule has 0 saturated carbocycles. The van der Waals surface area contributed by atoms with E-state index in [1.807, 2.05) is 41.3 Å². The summed E-state index contributed by atoms with van der Waals surface area (Å²) < 4.78 is 0. The number of rotatable bonds is 1. The SMILES string of the molecule is CC1CN(C(=O)c2ccccc2)Cc2ccccc21. The van der Waals surface area contributed by atoms with Crippen LogP contribution in [0.4, 0.5) is 0 Å². The molecule has 0 saturated heterocycles. The van der Waals surface area contributed by atoms with Crippen LogP contribution in [0.15, 0.2) is 54.6 Å². The van der Waals surface area contributed by atoms with E-state index in [4.69, 9.17) is 0 Å². The van der Waals surface area contributed by atoms with Gasteiger partial charge in [-0.3, -0.25) is 4.79 Å². The van der Waals surface area contributed by atoms with Crippen LogP contribution in [0.5, 0.6) is 0 Å². The molecule has 1 aliphatic rings. The Balaban J connectivity index is 1.88. The zero-order valence-electron chi connectivity index (χ0n) is 11.0. The molecule has 0 aromatic heterocycles. The minimum Gasteiger partial charge on any atom is -0.334 e. The molecule has 0 radical (unpaired) electrons. The largest absolute Gasteiger partial charge is 0.334 e. The number of nitrogens with zero attached hydrogens (tertiary/aromatic N) is 1. The van der Waals surface area contributed by atoms with Gasteiger partial charge in [-0.15, -0.1) is 0 Å². The van der Waals surface area contributed by atoms with Gasteiger partial charge in [-0.25, -0.2) is 0 Å². The summed E-state index contributed by atoms with van der Waals surface area (Å²) >= 11 is 0. The van der Waals surface area contributed by atoms with Crippen molar-refractivity contribution in [1.82, 2.24) is 4.90 Å². The molecule has 2 nitrogen and oxygen atoms in total. The minimum atomic E-state index is 0.127. The van der Waals surface area contributed by atoms with Crippen molar-refractivity contribution in [1.29, 1.82) is 0 Å². The van der Waals surface area contributed by atoms with Gasteiger partial charge in [0.25, 0.3) is 5.91 Å². The van der Waals surface area contributed by atoms with Gasteiger partial charge in [-0.05, 0) is 29.2 Å². The van der Waals surface area contributed by atoms with Gasteiger partial charge in [0.1, 0.15) is 0 Å². The Kier molecular flexibility index (Phi) is 3.08. The van der Waals surface area contributed by atoms with Crippen molar-refractivity contribution >= 4 is 5.91 Å². The molecule has 0 bridgehead atoms. The molecule has 1 heterocycles. The molecule has 0 N–H and O–H groups in total. The van der Waals surface area contributed by atoms with Gasteiger partial charge in [0.15, 0.2) is 0 Å². The molecule has 19 heavy (non-hydrogen) atoms. The van der Waals surface area contributed by atoms with Gasteiger partial charge in [-0.2, -0.15) is 0 Å². The van der Waals surface area contributed by atoms with Gasteiger partial charge in [0.05, 0.1) is 0 Å². The topological polar surface area (TPSA) is 20.3 Å². The summed E-state index contributed by atoms with van der Waals surface area (Å²) in [6.45, 7) is 3.70. The summed E-state index contributed by atoms with van der Waals surface area (Å²) in [5.41, 5.74) is 3.42. The number of carbonyl (C=O) groups excluding carboxylic acids is 1. The lowest BCUT2D eigenvalue weighted by molar-refractivity contribution is 0.0721. The molecule has 96 valence electrons. The van der Waals surface area contributed by atoms with Crippen LogP contribution in [0.2, 0.25) is 0 Å². The zero-order valence-corrected chi connectivity index (χ0v) is 11.0. The third-order valence-electron chi connectivity index (χ3n) is 3.75. The third kappa shape index (κ3) is 2.26. The van der Waals surface area contributed by atoms with Crippen LogP contribution in [-0.2, 0) is 6.54 Å². The molecular formula is C17H17NO. The predicted octanol–water partition coefficient (Wildman–Crippen LogP) is 3.45. The molecule has 1 atom stereocenters. The summed E-state index contributed by atoms with van der Waals surface area (Å²) in [5, 5.41) is 0. The van der Waals surface area contributed by atoms with E-state index in [1.165, 1.54) is 11.1 Å². The van der Waals surface area contributed by atoms with E-state index in [9.17, 15) is 4.79 Å². The van der Waals surface area contributed by atoms with Crippen LogP contribution in [0.25, 0.3) is 0 Å². The maximum absolute atomic E-state index is 12.5. The second-order valence-electron chi connectivity index (χ2n) is 5.15. The van der Waals surface area contributed by atoms with Gasteiger partial charge in [0, 0.05) is 18.7 Å². The number of hydrogen-bond acceptors (Lipinski definition) is 1. The maximum atomic E-state index is 12.5. The van der Waals surface area contributed by atoms with Crippen molar-refractivity contribution in [3.8, 4) is 0 Å². The number of amides is 1. The molecule has 1 amide bonds. The quantitative estimate of drug-likeness (QED) is 0.760. The lowest BCUT2D eigenvalue weighted by Crippen LogP contribution is -2.37. The molecule has 2 aromatic rings. The van der Waals surface area contributed by atoms with Gasteiger partial charge in [0.2, 0.25) is 0 Å². The fourth-order valence-corrected chi connectivity index (χ4v) is 2.78. The first-order chi connectivity index (χ1) is 9.25. The van der Waals surface area contributed by atoms with E-state index >= 15 is 0 Å². The third-order valence-corrected chi connectivity index (χ3v) is 3.75. The van der Waals surface area contributed by atoms with Crippen molar-refractivity contribution in [2.24, 2.45) is 0 Å². The summed E-state index contributed by atoms with van der Waals surface area (Å²) in [4.78, 5) is 14.4. The van der Waals surface area contributed by atoms with Crippen molar-refractivity contribution < 1.29 is 4.79 Å². The van der Waals surface area contributed by atoms with Crippen molar-refractivity contribution in [3.05, 3.63) is 71.3 Å². The Hall–Kier alpha value is -2.09. The summed E-state index contributed by atoms with van der Waals surface area (Å²) in [6.07, 6.45) is 0. The summed E-state index contributed by atoms with van der Waals surface area (Å²) in [5.74, 6) is 0.527. The number of fused-ring (bicyclic) bond motifs is 1. The van der Waals surface area contributed by atoms with Crippen molar-refractivity contribution in [3.63, 3.8) is 0 Å². The monoisotopic (exact) mass is 251 g/mol. The molecule has 0 fully saturated rings. The van der Waals surface area contributed by atoms with E-state index in [2.05, 4.69) is 25.1 Å².